The highest BCUT2D eigenvalue weighted by Crippen LogP contribution is 2.34. The van der Waals surface area contributed by atoms with E-state index in [1.54, 1.807) is 6.07 Å². The van der Waals surface area contributed by atoms with Gasteiger partial charge in [-0.05, 0) is 50.7 Å². The first-order valence-corrected chi connectivity index (χ1v) is 12.5. The van der Waals surface area contributed by atoms with E-state index in [9.17, 15) is 4.79 Å². The van der Waals surface area contributed by atoms with Crippen molar-refractivity contribution >= 4 is 39.1 Å². The number of aromatic nitrogens is 2. The number of benzene rings is 1. The van der Waals surface area contributed by atoms with E-state index in [0.29, 0.717) is 51.2 Å². The second-order valence-electron chi connectivity index (χ2n) is 7.84. The number of nitrogen functional groups attached to an aromatic ring is 1. The van der Waals surface area contributed by atoms with Crippen LogP contribution in [0.4, 0.5) is 5.95 Å². The number of thiophene rings is 1. The minimum atomic E-state index is -0.172. The molecule has 0 saturated heterocycles. The van der Waals surface area contributed by atoms with Crippen LogP contribution in [-0.4, -0.2) is 66.1 Å². The normalized spacial score (nSPS) is 13.0. The molecule has 1 aliphatic rings. The summed E-state index contributed by atoms with van der Waals surface area (Å²) in [6.07, 6.45) is 0.834. The van der Waals surface area contributed by atoms with Crippen molar-refractivity contribution < 1.29 is 19.1 Å². The van der Waals surface area contributed by atoms with Gasteiger partial charge < -0.3 is 30.3 Å². The quantitative estimate of drug-likeness (QED) is 0.235. The number of rotatable bonds is 11. The largest absolute Gasteiger partial charge is 0.454 e. The van der Waals surface area contributed by atoms with Gasteiger partial charge in [0.2, 0.25) is 12.7 Å². The number of carbonyl (C=O) groups is 1. The number of hydrogen-bond donors (Lipinski definition) is 2. The highest BCUT2D eigenvalue weighted by atomic mass is 32.1. The first kappa shape index (κ1) is 24.7. The Labute approximate surface area is 208 Å². The minimum absolute atomic E-state index is 0.0896. The summed E-state index contributed by atoms with van der Waals surface area (Å²) in [6, 6.07) is 7.29. The molecule has 0 aliphatic carbocycles. The fourth-order valence-electron chi connectivity index (χ4n) is 3.76. The van der Waals surface area contributed by atoms with E-state index in [-0.39, 0.29) is 18.6 Å². The first-order chi connectivity index (χ1) is 17.0. The molecule has 0 bridgehead atoms. The molecule has 11 heteroatoms. The SMILES string of the molecule is CCNC(=O)c1cc2c(/C(=N\OCCCN(CC)CC)c3ccc4c(c3)OCO4)nc(N)nc2s1. The maximum Gasteiger partial charge on any atom is 0.261 e. The second kappa shape index (κ2) is 11.3. The Morgan fingerprint density at radius 1 is 1.20 bits per heavy atom. The lowest BCUT2D eigenvalue weighted by Gasteiger charge is -2.17. The smallest absolute Gasteiger partial charge is 0.261 e. The number of oxime groups is 1. The molecule has 1 amide bonds. The van der Waals surface area contributed by atoms with Gasteiger partial charge in [0, 0.05) is 24.0 Å². The molecule has 10 nitrogen and oxygen atoms in total. The average molecular weight is 499 g/mol. The number of nitrogens with zero attached hydrogens (tertiary/aromatic N) is 4. The molecule has 186 valence electrons. The Morgan fingerprint density at radius 2 is 2.00 bits per heavy atom. The van der Waals surface area contributed by atoms with E-state index in [4.69, 9.17) is 20.0 Å². The highest BCUT2D eigenvalue weighted by Gasteiger charge is 2.22. The van der Waals surface area contributed by atoms with Crippen LogP contribution in [0, 0.1) is 0 Å². The lowest BCUT2D eigenvalue weighted by molar-refractivity contribution is 0.0960. The Kier molecular flexibility index (Phi) is 7.98. The van der Waals surface area contributed by atoms with Crippen molar-refractivity contribution in [3.8, 4) is 11.5 Å². The van der Waals surface area contributed by atoms with Gasteiger partial charge in [-0.15, -0.1) is 11.3 Å². The van der Waals surface area contributed by atoms with E-state index in [0.717, 1.165) is 31.6 Å². The average Bonchev–Trinajstić information content (AvgIpc) is 3.50. The zero-order valence-corrected chi connectivity index (χ0v) is 21.0. The van der Waals surface area contributed by atoms with Gasteiger partial charge in [0.1, 0.15) is 22.8 Å². The maximum atomic E-state index is 12.5. The van der Waals surface area contributed by atoms with Crippen molar-refractivity contribution in [3.05, 3.63) is 40.4 Å². The van der Waals surface area contributed by atoms with E-state index in [1.807, 2.05) is 25.1 Å². The van der Waals surface area contributed by atoms with Crippen molar-refractivity contribution in [1.29, 1.82) is 0 Å². The van der Waals surface area contributed by atoms with Crippen LogP contribution in [0.5, 0.6) is 11.5 Å². The molecule has 3 N–H and O–H groups in total. The molecular weight excluding hydrogens is 468 g/mol. The van der Waals surface area contributed by atoms with Crippen molar-refractivity contribution in [3.63, 3.8) is 0 Å². The molecule has 35 heavy (non-hydrogen) atoms. The number of ether oxygens (including phenoxy) is 2. The van der Waals surface area contributed by atoms with Crippen LogP contribution < -0.4 is 20.5 Å². The summed E-state index contributed by atoms with van der Waals surface area (Å²) < 4.78 is 11.0. The number of anilines is 1. The molecular formula is C24H30N6O4S. The Morgan fingerprint density at radius 3 is 2.77 bits per heavy atom. The standard InChI is InChI=1S/C24H30N6O4S/c1-4-26-22(31)19-13-16-21(27-24(25)28-23(16)35-19)20(29-34-11-7-10-30(5-2)6-3)15-8-9-17-18(12-15)33-14-32-17/h8-9,12-13H,4-7,10-11,14H2,1-3H3,(H,26,31)(H2,25,27,28)/b29-20-. The monoisotopic (exact) mass is 498 g/mol. The van der Waals surface area contributed by atoms with Crippen LogP contribution in [0.15, 0.2) is 29.4 Å². The molecule has 0 fully saturated rings. The minimum Gasteiger partial charge on any atom is -0.454 e. The second-order valence-corrected chi connectivity index (χ2v) is 8.87. The van der Waals surface area contributed by atoms with Gasteiger partial charge in [-0.25, -0.2) is 9.97 Å². The molecule has 0 saturated carbocycles. The van der Waals surface area contributed by atoms with Gasteiger partial charge in [0.25, 0.3) is 5.91 Å². The molecule has 1 aliphatic heterocycles. The molecule has 1 aromatic carbocycles. The van der Waals surface area contributed by atoms with Crippen LogP contribution in [-0.2, 0) is 4.84 Å². The Balaban J connectivity index is 1.71. The number of amides is 1. The van der Waals surface area contributed by atoms with Gasteiger partial charge in [-0.3, -0.25) is 4.79 Å². The predicted molar refractivity (Wildman–Crippen MR) is 136 cm³/mol. The van der Waals surface area contributed by atoms with Crippen molar-refractivity contribution in [2.24, 2.45) is 5.16 Å². The third-order valence-corrected chi connectivity index (χ3v) is 6.63. The van der Waals surface area contributed by atoms with Crippen LogP contribution in [0.3, 0.4) is 0 Å². The number of hydrogen-bond acceptors (Lipinski definition) is 10. The van der Waals surface area contributed by atoms with E-state index in [1.165, 1.54) is 11.3 Å². The van der Waals surface area contributed by atoms with Crippen molar-refractivity contribution in [1.82, 2.24) is 20.2 Å². The molecule has 3 heterocycles. The van der Waals surface area contributed by atoms with Gasteiger partial charge in [-0.1, -0.05) is 19.0 Å². The summed E-state index contributed by atoms with van der Waals surface area (Å²) >= 11 is 1.26. The van der Waals surface area contributed by atoms with E-state index in [2.05, 4.69) is 39.2 Å². The van der Waals surface area contributed by atoms with Gasteiger partial charge >= 0.3 is 0 Å². The summed E-state index contributed by atoms with van der Waals surface area (Å²) in [4.78, 5) is 30.5. The molecule has 3 aromatic rings. The van der Waals surface area contributed by atoms with Crippen LogP contribution in [0.25, 0.3) is 10.2 Å². The predicted octanol–water partition coefficient (Wildman–Crippen LogP) is 3.25. The zero-order chi connectivity index (χ0) is 24.8. The van der Waals surface area contributed by atoms with Crippen molar-refractivity contribution in [2.45, 2.75) is 27.2 Å². The molecule has 2 aromatic heterocycles. The Bertz CT molecular complexity index is 1220. The molecule has 0 radical (unpaired) electrons. The Hall–Kier alpha value is -3.44. The topological polar surface area (TPSA) is 124 Å². The summed E-state index contributed by atoms with van der Waals surface area (Å²) in [5, 5.41) is 7.97. The number of carbonyl (C=O) groups excluding carboxylic acids is 1. The lowest BCUT2D eigenvalue weighted by atomic mass is 10.0. The third-order valence-electron chi connectivity index (χ3n) is 5.60. The number of nitrogens with two attached hydrogens (primary N) is 1. The van der Waals surface area contributed by atoms with E-state index >= 15 is 0 Å². The fourth-order valence-corrected chi connectivity index (χ4v) is 4.71. The van der Waals surface area contributed by atoms with Crippen molar-refractivity contribution in [2.75, 3.05) is 45.3 Å². The zero-order valence-electron chi connectivity index (χ0n) is 20.2. The van der Waals surface area contributed by atoms with Crippen LogP contribution in [0.2, 0.25) is 0 Å². The maximum absolute atomic E-state index is 12.5. The van der Waals surface area contributed by atoms with Crippen LogP contribution >= 0.6 is 11.3 Å². The summed E-state index contributed by atoms with van der Waals surface area (Å²) in [6.45, 7) is 10.2. The molecule has 0 atom stereocenters. The van der Waals surface area contributed by atoms with Gasteiger partial charge in [0.15, 0.2) is 11.5 Å². The van der Waals surface area contributed by atoms with E-state index < -0.39 is 0 Å². The molecule has 4 rings (SSSR count). The van der Waals surface area contributed by atoms with Gasteiger partial charge in [0.05, 0.1) is 4.88 Å². The van der Waals surface area contributed by atoms with Gasteiger partial charge in [-0.2, -0.15) is 0 Å². The number of fused-ring (bicyclic) bond motifs is 2. The summed E-state index contributed by atoms with van der Waals surface area (Å²) in [7, 11) is 0. The fraction of sp³-hybridized carbons (Fsp3) is 0.417. The number of nitrogens with one attached hydrogen (secondary N) is 1. The highest BCUT2D eigenvalue weighted by molar-refractivity contribution is 7.20. The lowest BCUT2D eigenvalue weighted by Crippen LogP contribution is -2.24. The summed E-state index contributed by atoms with van der Waals surface area (Å²) in [5.74, 6) is 1.19. The molecule has 0 spiro atoms. The summed E-state index contributed by atoms with van der Waals surface area (Å²) in [5.41, 5.74) is 7.74. The first-order valence-electron chi connectivity index (χ1n) is 11.7. The molecule has 0 unspecified atom stereocenters. The third kappa shape index (κ3) is 5.63. The van der Waals surface area contributed by atoms with Crippen LogP contribution in [0.1, 0.15) is 48.1 Å².